The van der Waals surface area contributed by atoms with Crippen LogP contribution in [0.25, 0.3) is 0 Å². The first-order chi connectivity index (χ1) is 8.18. The Morgan fingerprint density at radius 2 is 2.00 bits per heavy atom. The molecule has 17 heavy (non-hydrogen) atoms. The van der Waals surface area contributed by atoms with Crippen molar-refractivity contribution >= 4 is 0 Å². The highest BCUT2D eigenvalue weighted by molar-refractivity contribution is 4.95. The molecule has 1 aliphatic rings. The lowest BCUT2D eigenvalue weighted by molar-refractivity contribution is -0.0769. The third kappa shape index (κ3) is 3.94. The largest absolute Gasteiger partial charge is 0.377 e. The van der Waals surface area contributed by atoms with Gasteiger partial charge in [-0.25, -0.2) is 0 Å². The first kappa shape index (κ1) is 14.9. The minimum Gasteiger partial charge on any atom is -0.377 e. The van der Waals surface area contributed by atoms with Crippen molar-refractivity contribution in [2.75, 3.05) is 7.11 Å². The standard InChI is InChI=1S/C14H30N2O/c1-4-5-6-7-13(16-15)14(17-3)10-8-12(2)9-11-14/h12-13,16H,4-11,15H2,1-3H3. The van der Waals surface area contributed by atoms with E-state index in [4.69, 9.17) is 10.6 Å². The third-order valence-corrected chi connectivity index (χ3v) is 4.46. The maximum absolute atomic E-state index is 5.87. The average Bonchev–Trinajstić information content (AvgIpc) is 2.37. The summed E-state index contributed by atoms with van der Waals surface area (Å²) in [5.41, 5.74) is 2.99. The predicted octanol–water partition coefficient (Wildman–Crippen LogP) is 2.99. The summed E-state index contributed by atoms with van der Waals surface area (Å²) >= 11 is 0. The first-order valence-corrected chi connectivity index (χ1v) is 7.19. The molecule has 102 valence electrons. The number of hydrazine groups is 1. The van der Waals surface area contributed by atoms with E-state index in [0.717, 1.165) is 25.2 Å². The minimum atomic E-state index is -0.0188. The fraction of sp³-hybridized carbons (Fsp3) is 1.00. The van der Waals surface area contributed by atoms with Crippen LogP contribution in [-0.2, 0) is 4.74 Å². The summed E-state index contributed by atoms with van der Waals surface area (Å²) in [6.45, 7) is 4.57. The molecule has 1 aliphatic carbocycles. The molecule has 0 amide bonds. The molecule has 3 N–H and O–H groups in total. The van der Waals surface area contributed by atoms with Crippen molar-refractivity contribution in [1.29, 1.82) is 0 Å². The van der Waals surface area contributed by atoms with Gasteiger partial charge >= 0.3 is 0 Å². The molecule has 0 aromatic heterocycles. The quantitative estimate of drug-likeness (QED) is 0.410. The highest BCUT2D eigenvalue weighted by Crippen LogP contribution is 2.38. The van der Waals surface area contributed by atoms with Crippen LogP contribution in [-0.4, -0.2) is 18.8 Å². The lowest BCUT2D eigenvalue weighted by Crippen LogP contribution is -2.56. The van der Waals surface area contributed by atoms with Crippen LogP contribution in [0.3, 0.4) is 0 Å². The number of rotatable bonds is 7. The van der Waals surface area contributed by atoms with Crippen molar-refractivity contribution in [2.45, 2.75) is 76.9 Å². The lowest BCUT2D eigenvalue weighted by atomic mass is 9.74. The molecule has 0 radical (unpaired) electrons. The Balaban J connectivity index is 2.55. The molecular weight excluding hydrogens is 212 g/mol. The number of nitrogens with two attached hydrogens (primary N) is 1. The Kier molecular flexibility index (Phi) is 6.45. The summed E-state index contributed by atoms with van der Waals surface area (Å²) in [4.78, 5) is 0. The van der Waals surface area contributed by atoms with E-state index >= 15 is 0 Å². The van der Waals surface area contributed by atoms with E-state index in [9.17, 15) is 0 Å². The Morgan fingerprint density at radius 3 is 2.47 bits per heavy atom. The lowest BCUT2D eigenvalue weighted by Gasteiger charge is -2.44. The third-order valence-electron chi connectivity index (χ3n) is 4.46. The van der Waals surface area contributed by atoms with Gasteiger partial charge in [0.2, 0.25) is 0 Å². The van der Waals surface area contributed by atoms with Gasteiger partial charge in [-0.3, -0.25) is 11.3 Å². The maximum Gasteiger partial charge on any atom is 0.0844 e. The first-order valence-electron chi connectivity index (χ1n) is 7.19. The Labute approximate surface area is 106 Å². The number of nitrogens with one attached hydrogen (secondary N) is 1. The molecule has 3 nitrogen and oxygen atoms in total. The van der Waals surface area contributed by atoms with Crippen LogP contribution in [0.15, 0.2) is 0 Å². The van der Waals surface area contributed by atoms with Crippen LogP contribution in [0.1, 0.15) is 65.2 Å². The SMILES string of the molecule is CCCCCC(NN)C1(OC)CCC(C)CC1. The zero-order chi connectivity index (χ0) is 12.7. The maximum atomic E-state index is 5.87. The second-order valence-electron chi connectivity index (χ2n) is 5.67. The number of hydrogen-bond donors (Lipinski definition) is 2. The van der Waals surface area contributed by atoms with Gasteiger partial charge in [-0.05, 0) is 38.0 Å². The highest BCUT2D eigenvalue weighted by atomic mass is 16.5. The van der Waals surface area contributed by atoms with Gasteiger partial charge in [0.25, 0.3) is 0 Å². The van der Waals surface area contributed by atoms with E-state index in [1.165, 1.54) is 32.1 Å². The molecule has 0 spiro atoms. The van der Waals surface area contributed by atoms with Crippen LogP contribution in [0.5, 0.6) is 0 Å². The van der Waals surface area contributed by atoms with Gasteiger partial charge in [-0.2, -0.15) is 0 Å². The Morgan fingerprint density at radius 1 is 1.35 bits per heavy atom. The van der Waals surface area contributed by atoms with Crippen molar-refractivity contribution in [3.05, 3.63) is 0 Å². The molecule has 1 saturated carbocycles. The van der Waals surface area contributed by atoms with Gasteiger partial charge < -0.3 is 4.74 Å². The number of ether oxygens (including phenoxy) is 1. The van der Waals surface area contributed by atoms with Crippen LogP contribution in [0.2, 0.25) is 0 Å². The van der Waals surface area contributed by atoms with Gasteiger partial charge in [0.05, 0.1) is 11.6 Å². The molecule has 1 atom stereocenters. The molecule has 0 aromatic rings. The smallest absolute Gasteiger partial charge is 0.0844 e. The van der Waals surface area contributed by atoms with E-state index in [0.29, 0.717) is 6.04 Å². The van der Waals surface area contributed by atoms with Crippen molar-refractivity contribution in [3.63, 3.8) is 0 Å². The summed E-state index contributed by atoms with van der Waals surface area (Å²) in [5, 5.41) is 0. The van der Waals surface area contributed by atoms with Gasteiger partial charge in [0.1, 0.15) is 0 Å². The number of hydrogen-bond acceptors (Lipinski definition) is 3. The fourth-order valence-electron chi connectivity index (χ4n) is 3.04. The summed E-state index contributed by atoms with van der Waals surface area (Å²) in [6.07, 6.45) is 9.73. The van der Waals surface area contributed by atoms with E-state index in [1.807, 2.05) is 7.11 Å². The van der Waals surface area contributed by atoms with Gasteiger partial charge in [0, 0.05) is 7.11 Å². The zero-order valence-electron chi connectivity index (χ0n) is 11.8. The molecule has 0 saturated heterocycles. The fourth-order valence-corrected chi connectivity index (χ4v) is 3.04. The normalized spacial score (nSPS) is 31.4. The van der Waals surface area contributed by atoms with E-state index in [2.05, 4.69) is 19.3 Å². The zero-order valence-corrected chi connectivity index (χ0v) is 11.8. The van der Waals surface area contributed by atoms with Crippen LogP contribution in [0, 0.1) is 5.92 Å². The molecule has 1 rings (SSSR count). The van der Waals surface area contributed by atoms with E-state index in [1.54, 1.807) is 0 Å². The summed E-state index contributed by atoms with van der Waals surface area (Å²) < 4.78 is 5.87. The van der Waals surface area contributed by atoms with Crippen molar-refractivity contribution in [3.8, 4) is 0 Å². The number of unbranched alkanes of at least 4 members (excludes halogenated alkanes) is 2. The van der Waals surface area contributed by atoms with Gasteiger partial charge in [-0.15, -0.1) is 0 Å². The molecule has 0 bridgehead atoms. The van der Waals surface area contributed by atoms with E-state index < -0.39 is 0 Å². The molecule has 3 heteroatoms. The number of methoxy groups -OCH3 is 1. The van der Waals surface area contributed by atoms with Crippen molar-refractivity contribution in [1.82, 2.24) is 5.43 Å². The molecule has 1 unspecified atom stereocenters. The van der Waals surface area contributed by atoms with Crippen LogP contribution < -0.4 is 11.3 Å². The Hall–Kier alpha value is -0.120. The topological polar surface area (TPSA) is 47.3 Å². The summed E-state index contributed by atoms with van der Waals surface area (Å²) in [6, 6.07) is 0.312. The second kappa shape index (κ2) is 7.34. The summed E-state index contributed by atoms with van der Waals surface area (Å²) in [5.74, 6) is 6.59. The molecule has 1 fully saturated rings. The Bertz CT molecular complexity index is 200. The van der Waals surface area contributed by atoms with Gasteiger partial charge in [0.15, 0.2) is 0 Å². The minimum absolute atomic E-state index is 0.0188. The molecule has 0 aromatic carbocycles. The monoisotopic (exact) mass is 242 g/mol. The van der Waals surface area contributed by atoms with Gasteiger partial charge in [-0.1, -0.05) is 33.1 Å². The molecule has 0 heterocycles. The second-order valence-corrected chi connectivity index (χ2v) is 5.67. The highest BCUT2D eigenvalue weighted by Gasteiger charge is 2.40. The summed E-state index contributed by atoms with van der Waals surface area (Å²) in [7, 11) is 1.85. The van der Waals surface area contributed by atoms with Crippen molar-refractivity contribution < 1.29 is 4.74 Å². The van der Waals surface area contributed by atoms with Crippen molar-refractivity contribution in [2.24, 2.45) is 11.8 Å². The van der Waals surface area contributed by atoms with E-state index in [-0.39, 0.29) is 5.60 Å². The van der Waals surface area contributed by atoms with Crippen LogP contribution >= 0.6 is 0 Å². The average molecular weight is 242 g/mol. The van der Waals surface area contributed by atoms with Crippen LogP contribution in [0.4, 0.5) is 0 Å². The molecular formula is C14H30N2O. The molecule has 0 aliphatic heterocycles. The predicted molar refractivity (Wildman–Crippen MR) is 72.6 cm³/mol.